The molecule has 3 N–H and O–H groups in total. The molecule has 0 radical (unpaired) electrons. The fourth-order valence-electron chi connectivity index (χ4n) is 1.48. The number of nitrogens with one attached hydrogen (secondary N) is 1. The van der Waals surface area contributed by atoms with E-state index in [2.05, 4.69) is 15.5 Å². The summed E-state index contributed by atoms with van der Waals surface area (Å²) in [6.07, 6.45) is 1.40. The van der Waals surface area contributed by atoms with Gasteiger partial charge in [-0.2, -0.15) is 0 Å². The molecule has 0 aliphatic carbocycles. The van der Waals surface area contributed by atoms with Gasteiger partial charge in [-0.25, -0.2) is 4.68 Å². The van der Waals surface area contributed by atoms with Crippen molar-refractivity contribution >= 4 is 23.4 Å². The Labute approximate surface area is 115 Å². The first-order chi connectivity index (χ1) is 9.08. The highest BCUT2D eigenvalue weighted by molar-refractivity contribution is 8.00. The number of para-hydroxylation sites is 1. The molecule has 2 rings (SSSR count). The normalized spacial score (nSPS) is 12.1. The number of aromatic nitrogens is 3. The second-order valence-corrected chi connectivity index (χ2v) is 5.39. The average Bonchev–Trinajstić information content (AvgIpc) is 2.78. The van der Waals surface area contributed by atoms with Crippen LogP contribution in [0, 0.1) is 6.92 Å². The maximum Gasteiger partial charge on any atom is 0.237 e. The van der Waals surface area contributed by atoms with E-state index in [0.29, 0.717) is 5.16 Å². The van der Waals surface area contributed by atoms with E-state index in [9.17, 15) is 4.79 Å². The first kappa shape index (κ1) is 13.4. The largest absolute Gasteiger partial charge is 0.336 e. The number of carbonyl (C=O) groups is 1. The first-order valence-corrected chi connectivity index (χ1v) is 6.64. The Hall–Kier alpha value is -2.02. The van der Waals surface area contributed by atoms with Crippen LogP contribution in [0.2, 0.25) is 0 Å². The molecule has 2 aromatic rings. The number of hydrogen-bond acceptors (Lipinski definition) is 5. The Balaban J connectivity index is 2.00. The summed E-state index contributed by atoms with van der Waals surface area (Å²) in [5.74, 6) is 5.51. The van der Waals surface area contributed by atoms with Gasteiger partial charge in [-0.15, -0.1) is 10.2 Å². The van der Waals surface area contributed by atoms with Gasteiger partial charge in [0.05, 0.1) is 5.25 Å². The van der Waals surface area contributed by atoms with Crippen LogP contribution in [0.4, 0.5) is 5.69 Å². The van der Waals surface area contributed by atoms with E-state index in [0.717, 1.165) is 11.3 Å². The smallest absolute Gasteiger partial charge is 0.237 e. The zero-order valence-corrected chi connectivity index (χ0v) is 11.5. The lowest BCUT2D eigenvalue weighted by Gasteiger charge is -2.12. The molecule has 0 fully saturated rings. The molecule has 0 aliphatic rings. The SMILES string of the molecule is Cc1ccccc1NC(=O)[C@H](C)Sc1nncn1N. The molecule has 1 aromatic carbocycles. The van der Waals surface area contributed by atoms with Crippen LogP contribution in [0.25, 0.3) is 0 Å². The number of nitrogens with two attached hydrogens (primary N) is 1. The summed E-state index contributed by atoms with van der Waals surface area (Å²) in [6.45, 7) is 3.75. The number of carbonyl (C=O) groups excluding carboxylic acids is 1. The van der Waals surface area contributed by atoms with E-state index in [-0.39, 0.29) is 11.2 Å². The van der Waals surface area contributed by atoms with Crippen molar-refractivity contribution in [3.8, 4) is 0 Å². The van der Waals surface area contributed by atoms with Crippen LogP contribution >= 0.6 is 11.8 Å². The summed E-state index contributed by atoms with van der Waals surface area (Å²) in [6, 6.07) is 7.64. The summed E-state index contributed by atoms with van der Waals surface area (Å²) >= 11 is 1.26. The summed E-state index contributed by atoms with van der Waals surface area (Å²) in [4.78, 5) is 12.1. The highest BCUT2D eigenvalue weighted by Crippen LogP contribution is 2.21. The molecule has 0 bridgehead atoms. The molecule has 1 heterocycles. The Kier molecular flexibility index (Phi) is 4.06. The van der Waals surface area contributed by atoms with Crippen LogP contribution in [-0.4, -0.2) is 26.0 Å². The number of rotatable bonds is 4. The first-order valence-electron chi connectivity index (χ1n) is 5.76. The summed E-state index contributed by atoms with van der Waals surface area (Å²) in [5.41, 5.74) is 1.84. The molecule has 1 atom stereocenters. The van der Waals surface area contributed by atoms with E-state index in [4.69, 9.17) is 5.84 Å². The Morgan fingerprint density at radius 1 is 1.47 bits per heavy atom. The summed E-state index contributed by atoms with van der Waals surface area (Å²) in [5, 5.41) is 10.6. The minimum absolute atomic E-state index is 0.0951. The van der Waals surface area contributed by atoms with Gasteiger partial charge in [0.2, 0.25) is 11.1 Å². The molecule has 0 unspecified atom stereocenters. The van der Waals surface area contributed by atoms with Gasteiger partial charge < -0.3 is 11.2 Å². The molecular weight excluding hydrogens is 262 g/mol. The van der Waals surface area contributed by atoms with E-state index >= 15 is 0 Å². The third-order valence-electron chi connectivity index (χ3n) is 2.59. The van der Waals surface area contributed by atoms with Crippen molar-refractivity contribution in [1.82, 2.24) is 14.9 Å². The molecule has 100 valence electrons. The Morgan fingerprint density at radius 2 is 2.21 bits per heavy atom. The number of nitrogens with zero attached hydrogens (tertiary/aromatic N) is 3. The predicted octanol–water partition coefficient (Wildman–Crippen LogP) is 1.42. The van der Waals surface area contributed by atoms with Crippen molar-refractivity contribution < 1.29 is 4.79 Å². The van der Waals surface area contributed by atoms with Crippen molar-refractivity contribution in [1.29, 1.82) is 0 Å². The minimum atomic E-state index is -0.314. The van der Waals surface area contributed by atoms with Crippen LogP contribution in [0.5, 0.6) is 0 Å². The summed E-state index contributed by atoms with van der Waals surface area (Å²) in [7, 11) is 0. The molecule has 1 amide bonds. The number of anilines is 1. The number of nitrogen functional groups attached to an aromatic ring is 1. The highest BCUT2D eigenvalue weighted by atomic mass is 32.2. The molecule has 19 heavy (non-hydrogen) atoms. The average molecular weight is 277 g/mol. The standard InChI is InChI=1S/C12H15N5OS/c1-8-5-3-4-6-10(8)15-11(18)9(2)19-12-16-14-7-17(12)13/h3-7,9H,13H2,1-2H3,(H,15,18)/t9-/m0/s1. The number of thioether (sulfide) groups is 1. The molecule has 0 saturated heterocycles. The quantitative estimate of drug-likeness (QED) is 0.652. The molecule has 6 nitrogen and oxygen atoms in total. The van der Waals surface area contributed by atoms with Gasteiger partial charge in [0.25, 0.3) is 0 Å². The van der Waals surface area contributed by atoms with Crippen molar-refractivity contribution in [2.24, 2.45) is 0 Å². The number of aryl methyl sites for hydroxylation is 1. The second-order valence-electron chi connectivity index (χ2n) is 4.09. The monoisotopic (exact) mass is 277 g/mol. The van der Waals surface area contributed by atoms with E-state index in [1.807, 2.05) is 31.2 Å². The fraction of sp³-hybridized carbons (Fsp3) is 0.250. The maximum atomic E-state index is 12.1. The van der Waals surface area contributed by atoms with Gasteiger partial charge in [0, 0.05) is 5.69 Å². The van der Waals surface area contributed by atoms with Crippen molar-refractivity contribution in [3.05, 3.63) is 36.2 Å². The van der Waals surface area contributed by atoms with Gasteiger partial charge >= 0.3 is 0 Å². The third kappa shape index (κ3) is 3.25. The molecule has 0 spiro atoms. The minimum Gasteiger partial charge on any atom is -0.336 e. The molecule has 1 aromatic heterocycles. The Morgan fingerprint density at radius 3 is 2.84 bits per heavy atom. The van der Waals surface area contributed by atoms with Crippen LogP contribution in [-0.2, 0) is 4.79 Å². The maximum absolute atomic E-state index is 12.1. The summed E-state index contributed by atoms with van der Waals surface area (Å²) < 4.78 is 1.29. The van der Waals surface area contributed by atoms with E-state index < -0.39 is 0 Å². The zero-order chi connectivity index (χ0) is 13.8. The molecule has 0 aliphatic heterocycles. The van der Waals surface area contributed by atoms with Gasteiger partial charge in [-0.3, -0.25) is 4.79 Å². The highest BCUT2D eigenvalue weighted by Gasteiger charge is 2.17. The number of hydrogen-bond donors (Lipinski definition) is 2. The third-order valence-corrected chi connectivity index (χ3v) is 3.67. The van der Waals surface area contributed by atoms with Gasteiger partial charge in [0.15, 0.2) is 0 Å². The van der Waals surface area contributed by atoms with Crippen molar-refractivity contribution in [2.45, 2.75) is 24.3 Å². The zero-order valence-electron chi connectivity index (χ0n) is 10.7. The number of benzene rings is 1. The lowest BCUT2D eigenvalue weighted by atomic mass is 10.2. The fourth-order valence-corrected chi connectivity index (χ4v) is 2.22. The second kappa shape index (κ2) is 5.75. The van der Waals surface area contributed by atoms with E-state index in [1.54, 1.807) is 6.92 Å². The van der Waals surface area contributed by atoms with Gasteiger partial charge in [0.1, 0.15) is 6.33 Å². The van der Waals surface area contributed by atoms with Crippen molar-refractivity contribution in [2.75, 3.05) is 11.2 Å². The van der Waals surface area contributed by atoms with E-state index in [1.165, 1.54) is 22.8 Å². The van der Waals surface area contributed by atoms with Crippen molar-refractivity contribution in [3.63, 3.8) is 0 Å². The molecule has 0 saturated carbocycles. The van der Waals surface area contributed by atoms with Gasteiger partial charge in [-0.1, -0.05) is 30.0 Å². The Bertz CT molecular complexity index is 583. The predicted molar refractivity (Wildman–Crippen MR) is 75.3 cm³/mol. The van der Waals surface area contributed by atoms with Gasteiger partial charge in [-0.05, 0) is 25.5 Å². The van der Waals surface area contributed by atoms with Crippen LogP contribution in [0.1, 0.15) is 12.5 Å². The van der Waals surface area contributed by atoms with Crippen LogP contribution in [0.15, 0.2) is 35.7 Å². The van der Waals surface area contributed by atoms with Crippen LogP contribution < -0.4 is 11.2 Å². The lowest BCUT2D eigenvalue weighted by Crippen LogP contribution is -2.23. The lowest BCUT2D eigenvalue weighted by molar-refractivity contribution is -0.115. The number of amides is 1. The van der Waals surface area contributed by atoms with Crippen LogP contribution in [0.3, 0.4) is 0 Å². The molecular formula is C12H15N5OS. The molecule has 7 heteroatoms. The topological polar surface area (TPSA) is 85.8 Å².